The molecule has 82 valence electrons. The minimum Gasteiger partial charge on any atom is -0.320 e. The van der Waals surface area contributed by atoms with E-state index in [4.69, 9.17) is 0 Å². The van der Waals surface area contributed by atoms with Crippen molar-refractivity contribution in [1.82, 2.24) is 15.4 Å². The summed E-state index contributed by atoms with van der Waals surface area (Å²) in [5.41, 5.74) is 2.00. The summed E-state index contributed by atoms with van der Waals surface area (Å²) < 4.78 is 0.976. The predicted octanol–water partition coefficient (Wildman–Crippen LogP) is 2.13. The number of hydrogen-bond acceptors (Lipinski definition) is 3. The van der Waals surface area contributed by atoms with E-state index in [1.807, 2.05) is 25.1 Å². The predicted molar refractivity (Wildman–Crippen MR) is 63.2 cm³/mol. The van der Waals surface area contributed by atoms with Crippen molar-refractivity contribution in [3.8, 4) is 0 Å². The second-order valence-electron chi connectivity index (χ2n) is 3.27. The summed E-state index contributed by atoms with van der Waals surface area (Å²) in [4.78, 5) is 11.7. The molecule has 0 aliphatic heterocycles. The van der Waals surface area contributed by atoms with Gasteiger partial charge in [-0.1, -0.05) is 15.9 Å². The van der Waals surface area contributed by atoms with Gasteiger partial charge in [0.15, 0.2) is 5.69 Å². The lowest BCUT2D eigenvalue weighted by Crippen LogP contribution is -2.13. The lowest BCUT2D eigenvalue weighted by atomic mass is 10.2. The summed E-state index contributed by atoms with van der Waals surface area (Å²) in [6.45, 7) is 1.92. The normalized spacial score (nSPS) is 10.1. The molecule has 0 aliphatic carbocycles. The molecule has 0 radical (unpaired) electrons. The van der Waals surface area contributed by atoms with Crippen molar-refractivity contribution in [3.63, 3.8) is 0 Å². The number of H-pyrrole nitrogens is 1. The van der Waals surface area contributed by atoms with E-state index in [0.717, 1.165) is 15.7 Å². The van der Waals surface area contributed by atoms with Crippen molar-refractivity contribution in [1.29, 1.82) is 0 Å². The molecule has 1 amide bonds. The highest BCUT2D eigenvalue weighted by Crippen LogP contribution is 2.20. The largest absolute Gasteiger partial charge is 0.320 e. The molecule has 16 heavy (non-hydrogen) atoms. The number of carbonyl (C=O) groups is 1. The molecule has 0 unspecified atom stereocenters. The maximum absolute atomic E-state index is 11.7. The maximum Gasteiger partial charge on any atom is 0.277 e. The van der Waals surface area contributed by atoms with Gasteiger partial charge in [-0.25, -0.2) is 0 Å². The van der Waals surface area contributed by atoms with E-state index in [1.54, 1.807) is 0 Å². The van der Waals surface area contributed by atoms with Gasteiger partial charge in [0.05, 0.1) is 6.20 Å². The Kier molecular flexibility index (Phi) is 3.00. The van der Waals surface area contributed by atoms with Crippen LogP contribution in [0, 0.1) is 6.92 Å². The molecule has 0 bridgehead atoms. The molecule has 1 aromatic carbocycles. The zero-order valence-corrected chi connectivity index (χ0v) is 10.1. The molecule has 2 N–H and O–H groups in total. The standard InChI is InChI=1S/C10H9BrN4O/c1-6-4-7(11)2-3-8(6)13-10(16)9-5-12-15-14-9/h2-5H,1H3,(H,13,16)(H,12,14,15). The lowest BCUT2D eigenvalue weighted by molar-refractivity contribution is 0.102. The summed E-state index contributed by atoms with van der Waals surface area (Å²) in [7, 11) is 0. The van der Waals surface area contributed by atoms with Gasteiger partial charge in [0.25, 0.3) is 5.91 Å². The van der Waals surface area contributed by atoms with Gasteiger partial charge in [0.1, 0.15) is 0 Å². The van der Waals surface area contributed by atoms with E-state index in [2.05, 4.69) is 36.7 Å². The number of hydrogen-bond donors (Lipinski definition) is 2. The first-order valence-corrected chi connectivity index (χ1v) is 5.39. The van der Waals surface area contributed by atoms with Crippen LogP contribution >= 0.6 is 15.9 Å². The van der Waals surface area contributed by atoms with Crippen molar-refractivity contribution in [2.24, 2.45) is 0 Å². The van der Waals surface area contributed by atoms with Gasteiger partial charge in [0, 0.05) is 10.2 Å². The Morgan fingerprint density at radius 1 is 1.50 bits per heavy atom. The van der Waals surface area contributed by atoms with Crippen molar-refractivity contribution in [3.05, 3.63) is 40.1 Å². The molecule has 0 spiro atoms. The van der Waals surface area contributed by atoms with E-state index < -0.39 is 0 Å². The first-order valence-electron chi connectivity index (χ1n) is 4.60. The molecule has 6 heteroatoms. The Morgan fingerprint density at radius 3 is 2.94 bits per heavy atom. The summed E-state index contributed by atoms with van der Waals surface area (Å²) in [5.74, 6) is -0.279. The first-order chi connectivity index (χ1) is 7.66. The Labute approximate surface area is 100 Å². The highest BCUT2D eigenvalue weighted by Gasteiger charge is 2.09. The molecule has 0 fully saturated rings. The number of carbonyl (C=O) groups excluding carboxylic acids is 1. The highest BCUT2D eigenvalue weighted by molar-refractivity contribution is 9.10. The van der Waals surface area contributed by atoms with Gasteiger partial charge in [-0.15, -0.1) is 0 Å². The van der Waals surface area contributed by atoms with Crippen LogP contribution in [0.2, 0.25) is 0 Å². The third kappa shape index (κ3) is 2.27. The van der Waals surface area contributed by atoms with E-state index >= 15 is 0 Å². The minimum atomic E-state index is -0.279. The van der Waals surface area contributed by atoms with Crippen molar-refractivity contribution in [2.45, 2.75) is 6.92 Å². The number of aromatic amines is 1. The summed E-state index contributed by atoms with van der Waals surface area (Å²) >= 11 is 3.36. The molecule has 0 aliphatic rings. The van der Waals surface area contributed by atoms with Gasteiger partial charge in [-0.05, 0) is 30.7 Å². The average Bonchev–Trinajstić information content (AvgIpc) is 2.75. The fraction of sp³-hybridized carbons (Fsp3) is 0.100. The van der Waals surface area contributed by atoms with Gasteiger partial charge < -0.3 is 5.32 Å². The minimum absolute atomic E-state index is 0.266. The number of rotatable bonds is 2. The van der Waals surface area contributed by atoms with Crippen LogP contribution in [-0.4, -0.2) is 21.3 Å². The smallest absolute Gasteiger partial charge is 0.277 e. The third-order valence-corrected chi connectivity index (χ3v) is 2.58. The number of aromatic nitrogens is 3. The van der Waals surface area contributed by atoms with Crippen LogP contribution in [0.25, 0.3) is 0 Å². The van der Waals surface area contributed by atoms with Crippen LogP contribution in [-0.2, 0) is 0 Å². The van der Waals surface area contributed by atoms with Gasteiger partial charge in [-0.2, -0.15) is 15.4 Å². The van der Waals surface area contributed by atoms with E-state index in [9.17, 15) is 4.79 Å². The molecule has 0 atom stereocenters. The Morgan fingerprint density at radius 2 is 2.31 bits per heavy atom. The molecule has 2 rings (SSSR count). The van der Waals surface area contributed by atoms with Crippen molar-refractivity contribution in [2.75, 3.05) is 5.32 Å². The van der Waals surface area contributed by atoms with Crippen molar-refractivity contribution < 1.29 is 4.79 Å². The monoisotopic (exact) mass is 280 g/mol. The summed E-state index contributed by atoms with van der Waals surface area (Å²) in [6, 6.07) is 5.63. The van der Waals surface area contributed by atoms with Crippen LogP contribution in [0.3, 0.4) is 0 Å². The number of anilines is 1. The van der Waals surface area contributed by atoms with Crippen LogP contribution in [0.1, 0.15) is 16.1 Å². The molecule has 0 saturated carbocycles. The first kappa shape index (κ1) is 10.8. The zero-order chi connectivity index (χ0) is 11.5. The van der Waals surface area contributed by atoms with E-state index in [1.165, 1.54) is 6.20 Å². The van der Waals surface area contributed by atoms with Crippen LogP contribution in [0.4, 0.5) is 5.69 Å². The molecule has 1 heterocycles. The van der Waals surface area contributed by atoms with Crippen molar-refractivity contribution >= 4 is 27.5 Å². The van der Waals surface area contributed by atoms with Crippen LogP contribution in [0.5, 0.6) is 0 Å². The Hall–Kier alpha value is -1.69. The molecule has 2 aromatic rings. The van der Waals surface area contributed by atoms with Gasteiger partial charge in [0.2, 0.25) is 0 Å². The number of nitrogens with zero attached hydrogens (tertiary/aromatic N) is 2. The average molecular weight is 281 g/mol. The highest BCUT2D eigenvalue weighted by atomic mass is 79.9. The van der Waals surface area contributed by atoms with Gasteiger partial charge in [-0.3, -0.25) is 4.79 Å². The number of amides is 1. The Balaban J connectivity index is 2.18. The fourth-order valence-corrected chi connectivity index (χ4v) is 1.74. The molecule has 1 aromatic heterocycles. The SMILES string of the molecule is Cc1cc(Br)ccc1NC(=O)c1cn[nH]n1. The number of aryl methyl sites for hydroxylation is 1. The second-order valence-corrected chi connectivity index (χ2v) is 4.18. The zero-order valence-electron chi connectivity index (χ0n) is 8.49. The number of nitrogens with one attached hydrogen (secondary N) is 2. The van der Waals surface area contributed by atoms with E-state index in [0.29, 0.717) is 0 Å². The van der Waals surface area contributed by atoms with Gasteiger partial charge >= 0.3 is 0 Å². The number of benzene rings is 1. The lowest BCUT2D eigenvalue weighted by Gasteiger charge is -2.06. The molecule has 5 nitrogen and oxygen atoms in total. The topological polar surface area (TPSA) is 70.7 Å². The third-order valence-electron chi connectivity index (χ3n) is 2.08. The number of halogens is 1. The quantitative estimate of drug-likeness (QED) is 0.885. The fourth-order valence-electron chi connectivity index (χ4n) is 1.26. The molecular weight excluding hydrogens is 272 g/mol. The summed E-state index contributed by atoms with van der Waals surface area (Å²) in [6.07, 6.45) is 1.38. The molecule has 0 saturated heterocycles. The van der Waals surface area contributed by atoms with E-state index in [-0.39, 0.29) is 11.6 Å². The van der Waals surface area contributed by atoms with Crippen LogP contribution in [0.15, 0.2) is 28.9 Å². The second kappa shape index (κ2) is 4.44. The van der Waals surface area contributed by atoms with Crippen LogP contribution < -0.4 is 5.32 Å². The molecular formula is C10H9BrN4O. The Bertz CT molecular complexity index is 510. The summed E-state index contributed by atoms with van der Waals surface area (Å²) in [5, 5.41) is 12.4. The maximum atomic E-state index is 11.7.